The summed E-state index contributed by atoms with van der Waals surface area (Å²) in [5.74, 6) is 0. The molecule has 0 saturated heterocycles. The van der Waals surface area contributed by atoms with Gasteiger partial charge in [-0.05, 0) is 50.4 Å². The molecule has 1 aromatic carbocycles. The first kappa shape index (κ1) is 13.4. The van der Waals surface area contributed by atoms with Crippen LogP contribution in [0.1, 0.15) is 24.8 Å². The van der Waals surface area contributed by atoms with Crippen molar-refractivity contribution < 1.29 is 8.42 Å². The predicted octanol–water partition coefficient (Wildman–Crippen LogP) is 1.64. The van der Waals surface area contributed by atoms with Crippen LogP contribution in [0.5, 0.6) is 0 Å². The van der Waals surface area contributed by atoms with E-state index in [0.29, 0.717) is 19.5 Å². The maximum absolute atomic E-state index is 12.4. The van der Waals surface area contributed by atoms with E-state index in [1.165, 1.54) is 4.31 Å². The van der Waals surface area contributed by atoms with Crippen LogP contribution < -0.4 is 10.0 Å². The van der Waals surface area contributed by atoms with Gasteiger partial charge in [-0.2, -0.15) is 0 Å². The molecular weight excluding hydrogens is 248 g/mol. The predicted molar refractivity (Wildman–Crippen MR) is 74.1 cm³/mol. The highest BCUT2D eigenvalue weighted by molar-refractivity contribution is 7.93. The minimum absolute atomic E-state index is 0.184. The second kappa shape index (κ2) is 5.28. The van der Waals surface area contributed by atoms with Crippen LogP contribution in [0.4, 0.5) is 5.69 Å². The second-order valence-electron chi connectivity index (χ2n) is 4.80. The van der Waals surface area contributed by atoms with Gasteiger partial charge in [-0.3, -0.25) is 4.31 Å². The molecule has 0 bridgehead atoms. The molecule has 0 unspecified atom stereocenters. The van der Waals surface area contributed by atoms with E-state index in [-0.39, 0.29) is 5.25 Å². The monoisotopic (exact) mass is 268 g/mol. The summed E-state index contributed by atoms with van der Waals surface area (Å²) in [5.41, 5.74) is 7.32. The minimum Gasteiger partial charge on any atom is -0.330 e. The molecule has 0 aliphatic heterocycles. The molecule has 5 heteroatoms. The SMILES string of the molecule is Cc1cccc(N(CCCN)S(=O)(=O)C2CC2)c1. The van der Waals surface area contributed by atoms with Gasteiger partial charge in [0.2, 0.25) is 10.0 Å². The van der Waals surface area contributed by atoms with Gasteiger partial charge in [0.05, 0.1) is 10.9 Å². The van der Waals surface area contributed by atoms with Gasteiger partial charge in [0.25, 0.3) is 0 Å². The first-order valence-electron chi connectivity index (χ1n) is 6.34. The van der Waals surface area contributed by atoms with Crippen molar-refractivity contribution in [3.63, 3.8) is 0 Å². The topological polar surface area (TPSA) is 63.4 Å². The van der Waals surface area contributed by atoms with Crippen LogP contribution in [-0.2, 0) is 10.0 Å². The van der Waals surface area contributed by atoms with Crippen LogP contribution in [0.3, 0.4) is 0 Å². The van der Waals surface area contributed by atoms with Crippen molar-refractivity contribution in [3.8, 4) is 0 Å². The van der Waals surface area contributed by atoms with Gasteiger partial charge in [-0.1, -0.05) is 12.1 Å². The Bertz CT molecular complexity index is 509. The zero-order chi connectivity index (χ0) is 13.2. The summed E-state index contributed by atoms with van der Waals surface area (Å²) in [7, 11) is -3.19. The second-order valence-corrected chi connectivity index (χ2v) is 6.94. The number of hydrogen-bond acceptors (Lipinski definition) is 3. The fourth-order valence-electron chi connectivity index (χ4n) is 1.97. The Morgan fingerprint density at radius 3 is 2.67 bits per heavy atom. The number of hydrogen-bond donors (Lipinski definition) is 1. The number of aryl methyl sites for hydroxylation is 1. The fraction of sp³-hybridized carbons (Fsp3) is 0.538. The summed E-state index contributed by atoms with van der Waals surface area (Å²) in [6.07, 6.45) is 2.25. The van der Waals surface area contributed by atoms with Crippen molar-refractivity contribution in [3.05, 3.63) is 29.8 Å². The van der Waals surface area contributed by atoms with E-state index in [2.05, 4.69) is 0 Å². The molecule has 1 saturated carbocycles. The molecule has 1 aliphatic rings. The Kier molecular flexibility index (Phi) is 3.92. The summed E-state index contributed by atoms with van der Waals surface area (Å²) in [6, 6.07) is 7.62. The van der Waals surface area contributed by atoms with Crippen LogP contribution in [0.25, 0.3) is 0 Å². The standard InChI is InChI=1S/C13H20N2O2S/c1-11-4-2-5-12(10-11)15(9-3-8-14)18(16,17)13-6-7-13/h2,4-5,10,13H,3,6-9,14H2,1H3. The van der Waals surface area contributed by atoms with E-state index in [4.69, 9.17) is 5.73 Å². The molecule has 0 heterocycles. The maximum Gasteiger partial charge on any atom is 0.238 e. The van der Waals surface area contributed by atoms with Gasteiger partial charge in [0.15, 0.2) is 0 Å². The molecule has 0 amide bonds. The maximum atomic E-state index is 12.4. The van der Waals surface area contributed by atoms with Crippen LogP contribution in [0, 0.1) is 6.92 Å². The molecule has 0 aromatic heterocycles. The lowest BCUT2D eigenvalue weighted by Crippen LogP contribution is -2.35. The summed E-state index contributed by atoms with van der Waals surface area (Å²) in [4.78, 5) is 0. The largest absolute Gasteiger partial charge is 0.330 e. The smallest absolute Gasteiger partial charge is 0.238 e. The molecule has 1 aromatic rings. The average molecular weight is 268 g/mol. The Balaban J connectivity index is 2.30. The third kappa shape index (κ3) is 2.84. The summed E-state index contributed by atoms with van der Waals surface area (Å²) < 4.78 is 26.3. The molecule has 0 spiro atoms. The minimum atomic E-state index is -3.19. The van der Waals surface area contributed by atoms with E-state index in [9.17, 15) is 8.42 Å². The molecule has 0 radical (unpaired) electrons. The lowest BCUT2D eigenvalue weighted by atomic mass is 10.2. The molecule has 100 valence electrons. The molecule has 2 N–H and O–H groups in total. The number of anilines is 1. The summed E-state index contributed by atoms with van der Waals surface area (Å²) >= 11 is 0. The molecule has 1 fully saturated rings. The van der Waals surface area contributed by atoms with Crippen LogP contribution in [0.2, 0.25) is 0 Å². The highest BCUT2D eigenvalue weighted by atomic mass is 32.2. The summed E-state index contributed by atoms with van der Waals surface area (Å²) in [5, 5.41) is -0.184. The van der Waals surface area contributed by atoms with E-state index in [1.807, 2.05) is 31.2 Å². The van der Waals surface area contributed by atoms with E-state index in [0.717, 1.165) is 24.1 Å². The molecule has 18 heavy (non-hydrogen) atoms. The molecule has 0 atom stereocenters. The molecular formula is C13H20N2O2S. The van der Waals surface area contributed by atoms with Crippen molar-refractivity contribution in [1.29, 1.82) is 0 Å². The lowest BCUT2D eigenvalue weighted by molar-refractivity contribution is 0.588. The van der Waals surface area contributed by atoms with Crippen LogP contribution >= 0.6 is 0 Å². The van der Waals surface area contributed by atoms with Crippen molar-refractivity contribution in [2.45, 2.75) is 31.4 Å². The lowest BCUT2D eigenvalue weighted by Gasteiger charge is -2.24. The normalized spacial score (nSPS) is 15.7. The Morgan fingerprint density at radius 1 is 1.39 bits per heavy atom. The van der Waals surface area contributed by atoms with Gasteiger partial charge in [0.1, 0.15) is 0 Å². The third-order valence-corrected chi connectivity index (χ3v) is 5.43. The number of nitrogens with zero attached hydrogens (tertiary/aromatic N) is 1. The highest BCUT2D eigenvalue weighted by Gasteiger charge is 2.40. The Morgan fingerprint density at radius 2 is 2.11 bits per heavy atom. The number of benzene rings is 1. The van der Waals surface area contributed by atoms with Crippen molar-refractivity contribution in [2.75, 3.05) is 17.4 Å². The van der Waals surface area contributed by atoms with Gasteiger partial charge in [0, 0.05) is 6.54 Å². The highest BCUT2D eigenvalue weighted by Crippen LogP contribution is 2.33. The van der Waals surface area contributed by atoms with Crippen molar-refractivity contribution >= 4 is 15.7 Å². The van der Waals surface area contributed by atoms with Crippen molar-refractivity contribution in [1.82, 2.24) is 0 Å². The van der Waals surface area contributed by atoms with E-state index >= 15 is 0 Å². The number of nitrogens with two attached hydrogens (primary N) is 1. The molecule has 4 nitrogen and oxygen atoms in total. The molecule has 2 rings (SSSR count). The quantitative estimate of drug-likeness (QED) is 0.853. The van der Waals surface area contributed by atoms with Gasteiger partial charge >= 0.3 is 0 Å². The summed E-state index contributed by atoms with van der Waals surface area (Å²) in [6.45, 7) is 2.94. The average Bonchev–Trinajstić information content (AvgIpc) is 3.13. The van der Waals surface area contributed by atoms with Crippen LogP contribution in [0.15, 0.2) is 24.3 Å². The number of sulfonamides is 1. The fourth-order valence-corrected chi connectivity index (χ4v) is 3.85. The third-order valence-electron chi connectivity index (χ3n) is 3.11. The first-order valence-corrected chi connectivity index (χ1v) is 7.84. The van der Waals surface area contributed by atoms with Gasteiger partial charge in [-0.15, -0.1) is 0 Å². The van der Waals surface area contributed by atoms with Gasteiger partial charge < -0.3 is 5.73 Å². The first-order chi connectivity index (χ1) is 8.55. The van der Waals surface area contributed by atoms with Crippen LogP contribution in [-0.4, -0.2) is 26.8 Å². The zero-order valence-corrected chi connectivity index (χ0v) is 11.5. The van der Waals surface area contributed by atoms with E-state index < -0.39 is 10.0 Å². The Hall–Kier alpha value is -1.07. The van der Waals surface area contributed by atoms with Crippen molar-refractivity contribution in [2.24, 2.45) is 5.73 Å². The zero-order valence-electron chi connectivity index (χ0n) is 10.7. The Labute approximate surface area is 109 Å². The van der Waals surface area contributed by atoms with E-state index in [1.54, 1.807) is 0 Å². The molecule has 1 aliphatic carbocycles. The number of rotatable bonds is 6. The van der Waals surface area contributed by atoms with Gasteiger partial charge in [-0.25, -0.2) is 8.42 Å².